The molecule has 0 atom stereocenters. The zero-order valence-electron chi connectivity index (χ0n) is 12.5. The number of hydrogen-bond acceptors (Lipinski definition) is 5. The summed E-state index contributed by atoms with van der Waals surface area (Å²) in [5, 5.41) is 3.09. The highest BCUT2D eigenvalue weighted by Gasteiger charge is 2.11. The minimum Gasteiger partial charge on any atom is -0.490 e. The first-order valence-electron chi connectivity index (χ1n) is 6.89. The number of nitrogens with zero attached hydrogens (tertiary/aromatic N) is 1. The summed E-state index contributed by atoms with van der Waals surface area (Å²) in [5.74, 6) is 1.07. The molecule has 0 aliphatic heterocycles. The minimum atomic E-state index is -0.464. The second-order valence-electron chi connectivity index (χ2n) is 4.82. The Kier molecular flexibility index (Phi) is 4.67. The van der Waals surface area contributed by atoms with Crippen LogP contribution in [0, 0.1) is 19.7 Å². The number of benzene rings is 1. The van der Waals surface area contributed by atoms with Gasteiger partial charge in [0.2, 0.25) is 5.89 Å². The normalized spacial score (nSPS) is 10.7. The highest BCUT2D eigenvalue weighted by Crippen LogP contribution is 2.28. The molecule has 0 radical (unpaired) electrons. The fraction of sp³-hybridized carbons (Fsp3) is 0.400. The topological polar surface area (TPSA) is 73.3 Å². The van der Waals surface area contributed by atoms with Crippen molar-refractivity contribution in [2.75, 3.05) is 17.7 Å². The number of ether oxygens (including phenoxy) is 1. The summed E-state index contributed by atoms with van der Waals surface area (Å²) < 4.78 is 24.5. The predicted octanol–water partition coefficient (Wildman–Crippen LogP) is 3.41. The van der Waals surface area contributed by atoms with Crippen molar-refractivity contribution < 1.29 is 13.5 Å². The van der Waals surface area contributed by atoms with Crippen molar-refractivity contribution in [1.82, 2.24) is 4.98 Å². The standard InChI is InChI=1S/C15H20FN3O2/c1-4-5-20-14-7-13(12(17)6-11(14)16)18-8-15-19-9(2)10(3)21-15/h6-7,18H,4-5,8,17H2,1-3H3. The van der Waals surface area contributed by atoms with Crippen molar-refractivity contribution in [3.05, 3.63) is 35.3 Å². The maximum Gasteiger partial charge on any atom is 0.213 e. The van der Waals surface area contributed by atoms with Gasteiger partial charge in [0, 0.05) is 12.1 Å². The first-order chi connectivity index (χ1) is 10.0. The number of hydrogen-bond donors (Lipinski definition) is 2. The van der Waals surface area contributed by atoms with E-state index in [1.807, 2.05) is 20.8 Å². The van der Waals surface area contributed by atoms with Crippen LogP contribution in [-0.4, -0.2) is 11.6 Å². The minimum absolute atomic E-state index is 0.188. The van der Waals surface area contributed by atoms with Crippen LogP contribution in [0.1, 0.15) is 30.7 Å². The van der Waals surface area contributed by atoms with E-state index in [0.29, 0.717) is 30.4 Å². The van der Waals surface area contributed by atoms with E-state index >= 15 is 0 Å². The molecule has 114 valence electrons. The summed E-state index contributed by atoms with van der Waals surface area (Å²) in [4.78, 5) is 4.27. The third kappa shape index (κ3) is 3.65. The van der Waals surface area contributed by atoms with Gasteiger partial charge in [-0.05, 0) is 20.3 Å². The zero-order chi connectivity index (χ0) is 15.4. The summed E-state index contributed by atoms with van der Waals surface area (Å²) in [5.41, 5.74) is 7.57. The quantitative estimate of drug-likeness (QED) is 0.798. The Morgan fingerprint density at radius 3 is 2.76 bits per heavy atom. The van der Waals surface area contributed by atoms with Gasteiger partial charge in [-0.3, -0.25) is 0 Å². The number of aromatic nitrogens is 1. The molecule has 0 spiro atoms. The molecule has 0 saturated heterocycles. The maximum atomic E-state index is 13.7. The molecule has 0 aliphatic rings. The Hall–Kier alpha value is -2.24. The van der Waals surface area contributed by atoms with Crippen molar-refractivity contribution >= 4 is 11.4 Å². The van der Waals surface area contributed by atoms with Gasteiger partial charge < -0.3 is 20.2 Å². The first-order valence-corrected chi connectivity index (χ1v) is 6.89. The predicted molar refractivity (Wildman–Crippen MR) is 79.9 cm³/mol. The second kappa shape index (κ2) is 6.47. The van der Waals surface area contributed by atoms with Crippen LogP contribution in [0.15, 0.2) is 16.5 Å². The summed E-state index contributed by atoms with van der Waals surface area (Å²) in [7, 11) is 0. The monoisotopic (exact) mass is 293 g/mol. The lowest BCUT2D eigenvalue weighted by molar-refractivity contribution is 0.301. The number of oxazole rings is 1. The number of nitrogens with two attached hydrogens (primary N) is 1. The van der Waals surface area contributed by atoms with Gasteiger partial charge >= 0.3 is 0 Å². The summed E-state index contributed by atoms with van der Waals surface area (Å²) >= 11 is 0. The average Bonchev–Trinajstić information content (AvgIpc) is 2.76. The highest BCUT2D eigenvalue weighted by atomic mass is 19.1. The SMILES string of the molecule is CCCOc1cc(NCc2nc(C)c(C)o2)c(N)cc1F. The van der Waals surface area contributed by atoms with Crippen molar-refractivity contribution in [2.45, 2.75) is 33.7 Å². The zero-order valence-corrected chi connectivity index (χ0v) is 12.5. The summed E-state index contributed by atoms with van der Waals surface area (Å²) in [6.07, 6.45) is 0.807. The van der Waals surface area contributed by atoms with Crippen molar-refractivity contribution in [2.24, 2.45) is 0 Å². The van der Waals surface area contributed by atoms with Crippen LogP contribution in [-0.2, 0) is 6.54 Å². The van der Waals surface area contributed by atoms with Gasteiger partial charge in [-0.15, -0.1) is 0 Å². The Morgan fingerprint density at radius 1 is 1.38 bits per heavy atom. The molecule has 21 heavy (non-hydrogen) atoms. The smallest absolute Gasteiger partial charge is 0.213 e. The molecule has 0 fully saturated rings. The van der Waals surface area contributed by atoms with Gasteiger partial charge in [0.15, 0.2) is 11.6 Å². The number of nitrogens with one attached hydrogen (secondary N) is 1. The van der Waals surface area contributed by atoms with Crippen molar-refractivity contribution in [3.8, 4) is 5.75 Å². The lowest BCUT2D eigenvalue weighted by Gasteiger charge is -2.12. The fourth-order valence-electron chi connectivity index (χ4n) is 1.83. The molecule has 1 aromatic heterocycles. The van der Waals surface area contributed by atoms with E-state index in [2.05, 4.69) is 10.3 Å². The molecular weight excluding hydrogens is 273 g/mol. The van der Waals surface area contributed by atoms with E-state index in [4.69, 9.17) is 14.9 Å². The van der Waals surface area contributed by atoms with Gasteiger partial charge in [-0.2, -0.15) is 0 Å². The Morgan fingerprint density at radius 2 is 2.14 bits per heavy atom. The summed E-state index contributed by atoms with van der Waals surface area (Å²) in [6, 6.07) is 2.81. The molecule has 6 heteroatoms. The number of halogens is 1. The van der Waals surface area contributed by atoms with Gasteiger partial charge in [0.25, 0.3) is 0 Å². The van der Waals surface area contributed by atoms with E-state index in [1.165, 1.54) is 6.07 Å². The molecular formula is C15H20FN3O2. The second-order valence-corrected chi connectivity index (χ2v) is 4.82. The van der Waals surface area contributed by atoms with Crippen LogP contribution in [0.2, 0.25) is 0 Å². The number of nitrogen functional groups attached to an aromatic ring is 1. The molecule has 0 unspecified atom stereocenters. The number of rotatable bonds is 6. The molecule has 3 N–H and O–H groups in total. The average molecular weight is 293 g/mol. The molecule has 5 nitrogen and oxygen atoms in total. The van der Waals surface area contributed by atoms with Crippen LogP contribution < -0.4 is 15.8 Å². The molecule has 0 saturated carbocycles. The molecule has 2 aromatic rings. The van der Waals surface area contributed by atoms with Crippen LogP contribution in [0.25, 0.3) is 0 Å². The van der Waals surface area contributed by atoms with Crippen molar-refractivity contribution in [3.63, 3.8) is 0 Å². The molecule has 0 bridgehead atoms. The van der Waals surface area contributed by atoms with E-state index < -0.39 is 5.82 Å². The lowest BCUT2D eigenvalue weighted by Crippen LogP contribution is -2.05. The van der Waals surface area contributed by atoms with E-state index in [-0.39, 0.29) is 5.75 Å². The van der Waals surface area contributed by atoms with E-state index in [0.717, 1.165) is 17.9 Å². The third-order valence-electron chi connectivity index (χ3n) is 3.07. The van der Waals surface area contributed by atoms with Crippen LogP contribution in [0.3, 0.4) is 0 Å². The number of anilines is 2. The number of aryl methyl sites for hydroxylation is 2. The van der Waals surface area contributed by atoms with Crippen LogP contribution in [0.4, 0.5) is 15.8 Å². The van der Waals surface area contributed by atoms with Crippen molar-refractivity contribution in [1.29, 1.82) is 0 Å². The Bertz CT molecular complexity index is 606. The lowest BCUT2D eigenvalue weighted by atomic mass is 10.2. The fourth-order valence-corrected chi connectivity index (χ4v) is 1.83. The highest BCUT2D eigenvalue weighted by molar-refractivity contribution is 5.68. The van der Waals surface area contributed by atoms with Gasteiger partial charge in [0.05, 0.1) is 30.2 Å². The molecule has 0 amide bonds. The van der Waals surface area contributed by atoms with Crippen LogP contribution >= 0.6 is 0 Å². The van der Waals surface area contributed by atoms with Crippen LogP contribution in [0.5, 0.6) is 5.75 Å². The Labute approximate surface area is 123 Å². The molecule has 1 heterocycles. The molecule has 2 rings (SSSR count). The van der Waals surface area contributed by atoms with Gasteiger partial charge in [0.1, 0.15) is 5.76 Å². The van der Waals surface area contributed by atoms with Gasteiger partial charge in [-0.25, -0.2) is 9.37 Å². The molecule has 1 aromatic carbocycles. The maximum absolute atomic E-state index is 13.7. The first kappa shape index (κ1) is 15.2. The summed E-state index contributed by atoms with van der Waals surface area (Å²) in [6.45, 7) is 6.53. The Balaban J connectivity index is 2.11. The largest absolute Gasteiger partial charge is 0.490 e. The van der Waals surface area contributed by atoms with E-state index in [9.17, 15) is 4.39 Å². The van der Waals surface area contributed by atoms with E-state index in [1.54, 1.807) is 6.07 Å². The third-order valence-corrected chi connectivity index (χ3v) is 3.07. The van der Waals surface area contributed by atoms with Gasteiger partial charge in [-0.1, -0.05) is 6.92 Å². The molecule has 0 aliphatic carbocycles.